The maximum absolute atomic E-state index is 12.2. The lowest BCUT2D eigenvalue weighted by molar-refractivity contribution is 0.0930. The molecule has 0 aliphatic heterocycles. The Hall–Kier alpha value is -2.35. The Morgan fingerprint density at radius 3 is 2.57 bits per heavy atom. The Bertz CT molecular complexity index is 827. The van der Waals surface area contributed by atoms with Crippen molar-refractivity contribution < 1.29 is 17.9 Å². The number of nitrogens with one attached hydrogen (secondary N) is 1. The number of sulfone groups is 1. The molecule has 2 aromatic rings. The van der Waals surface area contributed by atoms with Crippen molar-refractivity contribution in [2.24, 2.45) is 7.05 Å². The number of amides is 1. The van der Waals surface area contributed by atoms with Crippen LogP contribution in [0, 0.1) is 0 Å². The summed E-state index contributed by atoms with van der Waals surface area (Å²) in [6.45, 7) is 1.81. The highest BCUT2D eigenvalue weighted by Gasteiger charge is 2.18. The van der Waals surface area contributed by atoms with E-state index in [4.69, 9.17) is 4.74 Å². The number of rotatable bonds is 5. The van der Waals surface area contributed by atoms with Gasteiger partial charge in [0.1, 0.15) is 16.3 Å². The molecule has 1 atom stereocenters. The Morgan fingerprint density at radius 1 is 1.35 bits per heavy atom. The van der Waals surface area contributed by atoms with E-state index in [0.29, 0.717) is 5.69 Å². The molecule has 0 saturated carbocycles. The van der Waals surface area contributed by atoms with Crippen LogP contribution in [-0.4, -0.2) is 37.5 Å². The fraction of sp³-hybridized carbons (Fsp3) is 0.333. The summed E-state index contributed by atoms with van der Waals surface area (Å²) in [5, 5.41) is 6.80. The molecule has 0 spiro atoms. The van der Waals surface area contributed by atoms with E-state index in [0.717, 1.165) is 11.8 Å². The van der Waals surface area contributed by atoms with Gasteiger partial charge >= 0.3 is 0 Å². The minimum Gasteiger partial charge on any atom is -0.495 e. The third-order valence-electron chi connectivity index (χ3n) is 3.49. The molecule has 7 nitrogen and oxygen atoms in total. The molecule has 23 heavy (non-hydrogen) atoms. The van der Waals surface area contributed by atoms with E-state index >= 15 is 0 Å². The normalized spacial score (nSPS) is 12.7. The number of carbonyl (C=O) groups is 1. The molecule has 0 aliphatic rings. The monoisotopic (exact) mass is 337 g/mol. The van der Waals surface area contributed by atoms with Crippen LogP contribution >= 0.6 is 0 Å². The van der Waals surface area contributed by atoms with Crippen LogP contribution in [0.1, 0.15) is 29.0 Å². The number of benzene rings is 1. The Balaban J connectivity index is 2.25. The lowest BCUT2D eigenvalue weighted by atomic mass is 10.1. The van der Waals surface area contributed by atoms with Crippen LogP contribution in [0.15, 0.2) is 35.4 Å². The van der Waals surface area contributed by atoms with Gasteiger partial charge < -0.3 is 10.1 Å². The summed E-state index contributed by atoms with van der Waals surface area (Å²) in [4.78, 5) is 12.3. The average molecular weight is 337 g/mol. The zero-order valence-electron chi connectivity index (χ0n) is 13.4. The van der Waals surface area contributed by atoms with Crippen molar-refractivity contribution in [3.05, 3.63) is 41.7 Å². The van der Waals surface area contributed by atoms with Crippen molar-refractivity contribution >= 4 is 15.7 Å². The standard InChI is InChI=1S/C15H19N3O4S/c1-10(17-15(19)12-7-8-16-18(12)2)11-5-6-14(23(4,20)21)13(9-11)22-3/h5-10H,1-4H3,(H,17,19). The van der Waals surface area contributed by atoms with Crippen molar-refractivity contribution in [3.8, 4) is 5.75 Å². The Kier molecular flexibility index (Phi) is 4.74. The molecule has 124 valence electrons. The van der Waals surface area contributed by atoms with Crippen molar-refractivity contribution in [1.29, 1.82) is 0 Å². The van der Waals surface area contributed by atoms with Gasteiger partial charge in [-0.25, -0.2) is 8.42 Å². The van der Waals surface area contributed by atoms with Gasteiger partial charge in [0.15, 0.2) is 9.84 Å². The molecule has 0 aliphatic carbocycles. The van der Waals surface area contributed by atoms with Crippen molar-refractivity contribution in [2.45, 2.75) is 17.9 Å². The SMILES string of the molecule is COc1cc(C(C)NC(=O)c2ccnn2C)ccc1S(C)(=O)=O. The highest BCUT2D eigenvalue weighted by Crippen LogP contribution is 2.27. The van der Waals surface area contributed by atoms with Crippen LogP contribution in [-0.2, 0) is 16.9 Å². The number of hydrogen-bond donors (Lipinski definition) is 1. The molecular weight excluding hydrogens is 318 g/mol. The van der Waals surface area contributed by atoms with Gasteiger partial charge in [-0.3, -0.25) is 9.48 Å². The third kappa shape index (κ3) is 3.70. The van der Waals surface area contributed by atoms with E-state index in [1.165, 1.54) is 17.9 Å². The predicted octanol–water partition coefficient (Wildman–Crippen LogP) is 1.32. The molecule has 8 heteroatoms. The van der Waals surface area contributed by atoms with Gasteiger partial charge in [0.05, 0.1) is 13.2 Å². The van der Waals surface area contributed by atoms with E-state index in [1.54, 1.807) is 31.4 Å². The molecule has 1 aromatic heterocycles. The summed E-state index contributed by atoms with van der Waals surface area (Å²) in [5.41, 5.74) is 1.18. The molecule has 0 fully saturated rings. The molecule has 1 amide bonds. The first-order valence-electron chi connectivity index (χ1n) is 6.91. The fourth-order valence-corrected chi connectivity index (χ4v) is 3.03. The number of ether oxygens (including phenoxy) is 1. The molecule has 1 N–H and O–H groups in total. The summed E-state index contributed by atoms with van der Waals surface area (Å²) < 4.78 is 30.0. The van der Waals surface area contributed by atoms with Crippen LogP contribution in [0.2, 0.25) is 0 Å². The molecule has 0 radical (unpaired) electrons. The molecule has 1 aromatic carbocycles. The zero-order chi connectivity index (χ0) is 17.2. The first-order valence-corrected chi connectivity index (χ1v) is 8.80. The molecule has 0 saturated heterocycles. The maximum atomic E-state index is 12.2. The van der Waals surface area contributed by atoms with E-state index in [2.05, 4.69) is 10.4 Å². The highest BCUT2D eigenvalue weighted by atomic mass is 32.2. The Labute approximate surface area is 135 Å². The lowest BCUT2D eigenvalue weighted by Gasteiger charge is -2.16. The first-order chi connectivity index (χ1) is 10.7. The van der Waals surface area contributed by atoms with E-state index < -0.39 is 9.84 Å². The van der Waals surface area contributed by atoms with Gasteiger partial charge in [0.25, 0.3) is 5.91 Å². The first kappa shape index (κ1) is 17.0. The largest absolute Gasteiger partial charge is 0.495 e. The predicted molar refractivity (Wildman–Crippen MR) is 85.2 cm³/mol. The lowest BCUT2D eigenvalue weighted by Crippen LogP contribution is -2.28. The van der Waals surface area contributed by atoms with Crippen LogP contribution in [0.4, 0.5) is 0 Å². The van der Waals surface area contributed by atoms with E-state index in [9.17, 15) is 13.2 Å². The molecule has 1 heterocycles. The van der Waals surface area contributed by atoms with Gasteiger partial charge in [-0.05, 0) is 30.7 Å². The van der Waals surface area contributed by atoms with Crippen LogP contribution in [0.25, 0.3) is 0 Å². The zero-order valence-corrected chi connectivity index (χ0v) is 14.2. The number of aromatic nitrogens is 2. The topological polar surface area (TPSA) is 90.3 Å². The number of hydrogen-bond acceptors (Lipinski definition) is 5. The number of nitrogens with zero attached hydrogens (tertiary/aromatic N) is 2. The number of aryl methyl sites for hydroxylation is 1. The third-order valence-corrected chi connectivity index (χ3v) is 4.62. The van der Waals surface area contributed by atoms with Gasteiger partial charge in [-0.2, -0.15) is 5.10 Å². The van der Waals surface area contributed by atoms with Crippen molar-refractivity contribution in [2.75, 3.05) is 13.4 Å². The number of carbonyl (C=O) groups excluding carboxylic acids is 1. The quantitative estimate of drug-likeness (QED) is 0.889. The van der Waals surface area contributed by atoms with E-state index in [1.807, 2.05) is 6.92 Å². The minimum absolute atomic E-state index is 0.119. The van der Waals surface area contributed by atoms with Gasteiger partial charge in [-0.1, -0.05) is 6.07 Å². The minimum atomic E-state index is -3.38. The van der Waals surface area contributed by atoms with Crippen molar-refractivity contribution in [1.82, 2.24) is 15.1 Å². The average Bonchev–Trinajstić information content (AvgIpc) is 2.91. The summed E-state index contributed by atoms with van der Waals surface area (Å²) >= 11 is 0. The van der Waals surface area contributed by atoms with Crippen LogP contribution < -0.4 is 10.1 Å². The highest BCUT2D eigenvalue weighted by molar-refractivity contribution is 7.90. The maximum Gasteiger partial charge on any atom is 0.270 e. The van der Waals surface area contributed by atoms with Crippen LogP contribution in [0.5, 0.6) is 5.75 Å². The van der Waals surface area contributed by atoms with Gasteiger partial charge in [0.2, 0.25) is 0 Å². The second-order valence-electron chi connectivity index (χ2n) is 5.22. The van der Waals surface area contributed by atoms with Crippen molar-refractivity contribution in [3.63, 3.8) is 0 Å². The second kappa shape index (κ2) is 6.41. The van der Waals surface area contributed by atoms with Gasteiger partial charge in [-0.15, -0.1) is 0 Å². The summed E-state index contributed by atoms with van der Waals surface area (Å²) in [6, 6.07) is 6.06. The van der Waals surface area contributed by atoms with Crippen LogP contribution in [0.3, 0.4) is 0 Å². The van der Waals surface area contributed by atoms with Gasteiger partial charge in [0, 0.05) is 19.5 Å². The van der Waals surface area contributed by atoms with E-state index in [-0.39, 0.29) is 22.6 Å². The number of methoxy groups -OCH3 is 1. The Morgan fingerprint density at radius 2 is 2.04 bits per heavy atom. The molecule has 0 bridgehead atoms. The fourth-order valence-electron chi connectivity index (χ4n) is 2.21. The molecule has 1 unspecified atom stereocenters. The smallest absolute Gasteiger partial charge is 0.270 e. The molecular formula is C15H19N3O4S. The second-order valence-corrected chi connectivity index (χ2v) is 7.20. The summed E-state index contributed by atoms with van der Waals surface area (Å²) in [6.07, 6.45) is 2.67. The summed E-state index contributed by atoms with van der Waals surface area (Å²) in [7, 11) is -0.283. The summed E-state index contributed by atoms with van der Waals surface area (Å²) in [5.74, 6) is -0.00436. The molecule has 2 rings (SSSR count).